The molecule has 0 bridgehead atoms. The van der Waals surface area contributed by atoms with Crippen LogP contribution in [0.2, 0.25) is 0 Å². The summed E-state index contributed by atoms with van der Waals surface area (Å²) >= 11 is 0. The number of rotatable bonds is 8. The highest BCUT2D eigenvalue weighted by Crippen LogP contribution is 2.25. The average Bonchev–Trinajstić information content (AvgIpc) is 2.95. The molecule has 6 amide bonds. The van der Waals surface area contributed by atoms with Crippen molar-refractivity contribution in [3.8, 4) is 5.75 Å². The standard InChI is InChI=1S/C22H28N6O7/c1-14(30)12-15(13-29)23-20(32)17-7-5-10-27-19(31)9-11-26(22(34)28(17)27)25-21(33)24-16-6-3-4-8-18(16)35-2/h3-4,6,8,13,15,17H,5,7,9-12H2,1-2H3,(H,23,32)(H2,24,25,33). The molecule has 0 aliphatic carbocycles. The van der Waals surface area contributed by atoms with Gasteiger partial charge in [0, 0.05) is 19.4 Å². The van der Waals surface area contributed by atoms with Gasteiger partial charge in [-0.25, -0.2) is 30.0 Å². The molecule has 1 aromatic rings. The number of fused-ring (bicyclic) bond motifs is 1. The van der Waals surface area contributed by atoms with Gasteiger partial charge >= 0.3 is 12.1 Å². The van der Waals surface area contributed by atoms with E-state index in [1.165, 1.54) is 19.0 Å². The number of hydrogen-bond acceptors (Lipinski definition) is 7. The lowest BCUT2D eigenvalue weighted by molar-refractivity contribution is -0.155. The Kier molecular flexibility index (Phi) is 8.23. The highest BCUT2D eigenvalue weighted by atomic mass is 16.5. The van der Waals surface area contributed by atoms with Crippen LogP contribution < -0.4 is 20.8 Å². The molecule has 13 heteroatoms. The summed E-state index contributed by atoms with van der Waals surface area (Å²) in [6.45, 7) is 1.40. The quantitative estimate of drug-likeness (QED) is 0.448. The molecule has 1 aromatic carbocycles. The summed E-state index contributed by atoms with van der Waals surface area (Å²) in [6, 6.07) is 3.02. The van der Waals surface area contributed by atoms with Crippen molar-refractivity contribution in [3.05, 3.63) is 24.3 Å². The summed E-state index contributed by atoms with van der Waals surface area (Å²) < 4.78 is 5.19. The third-order valence-electron chi connectivity index (χ3n) is 5.56. The Balaban J connectivity index is 1.77. The Labute approximate surface area is 201 Å². The van der Waals surface area contributed by atoms with E-state index in [4.69, 9.17) is 4.74 Å². The number of Topliss-reactive ketones (excluding diaryl/α,β-unsaturated/α-hetero) is 1. The number of para-hydroxylation sites is 2. The molecule has 2 aliphatic heterocycles. The van der Waals surface area contributed by atoms with Gasteiger partial charge in [-0.1, -0.05) is 12.1 Å². The van der Waals surface area contributed by atoms with Crippen molar-refractivity contribution in [1.82, 2.24) is 25.8 Å². The monoisotopic (exact) mass is 488 g/mol. The minimum atomic E-state index is -1.10. The Morgan fingerprint density at radius 3 is 2.63 bits per heavy atom. The molecule has 2 saturated heterocycles. The van der Waals surface area contributed by atoms with Crippen molar-refractivity contribution < 1.29 is 33.5 Å². The lowest BCUT2D eigenvalue weighted by atomic mass is 10.1. The number of nitrogens with one attached hydrogen (secondary N) is 3. The highest BCUT2D eigenvalue weighted by molar-refractivity contribution is 5.95. The van der Waals surface area contributed by atoms with Crippen LogP contribution in [0.15, 0.2) is 24.3 Å². The number of benzene rings is 1. The second-order valence-electron chi connectivity index (χ2n) is 8.13. The zero-order valence-corrected chi connectivity index (χ0v) is 19.5. The summed E-state index contributed by atoms with van der Waals surface area (Å²) in [7, 11) is 1.45. The van der Waals surface area contributed by atoms with Gasteiger partial charge < -0.3 is 20.2 Å². The Hall–Kier alpha value is -4.16. The van der Waals surface area contributed by atoms with E-state index in [2.05, 4.69) is 16.1 Å². The topological polar surface area (TPSA) is 157 Å². The molecule has 188 valence electrons. The number of urea groups is 2. The number of carbonyl (C=O) groups excluding carboxylic acids is 6. The first-order valence-electron chi connectivity index (χ1n) is 11.1. The molecular weight excluding hydrogens is 460 g/mol. The van der Waals surface area contributed by atoms with Crippen molar-refractivity contribution in [2.24, 2.45) is 0 Å². The third-order valence-corrected chi connectivity index (χ3v) is 5.56. The lowest BCUT2D eigenvalue weighted by Gasteiger charge is -2.42. The maximum Gasteiger partial charge on any atom is 0.358 e. The number of carbonyl (C=O) groups is 6. The fraction of sp³-hybridized carbons (Fsp3) is 0.455. The van der Waals surface area contributed by atoms with E-state index in [0.717, 1.165) is 10.0 Å². The number of amides is 6. The highest BCUT2D eigenvalue weighted by Gasteiger charge is 2.44. The van der Waals surface area contributed by atoms with Gasteiger partial charge in [0.15, 0.2) is 0 Å². The molecule has 0 spiro atoms. The molecule has 3 rings (SSSR count). The van der Waals surface area contributed by atoms with Gasteiger partial charge in [0.2, 0.25) is 11.8 Å². The fourth-order valence-electron chi connectivity index (χ4n) is 3.96. The minimum Gasteiger partial charge on any atom is -0.495 e. The molecule has 0 aromatic heterocycles. The summed E-state index contributed by atoms with van der Waals surface area (Å²) in [5.41, 5.74) is 2.79. The Morgan fingerprint density at radius 1 is 1.20 bits per heavy atom. The predicted octanol–water partition coefficient (Wildman–Crippen LogP) is 0.428. The zero-order chi connectivity index (χ0) is 25.5. The first-order chi connectivity index (χ1) is 16.7. The predicted molar refractivity (Wildman–Crippen MR) is 122 cm³/mol. The van der Waals surface area contributed by atoms with Gasteiger partial charge in [-0.05, 0) is 31.9 Å². The molecule has 2 atom stereocenters. The van der Waals surface area contributed by atoms with Crippen molar-refractivity contribution in [1.29, 1.82) is 0 Å². The van der Waals surface area contributed by atoms with Crippen molar-refractivity contribution in [2.45, 2.75) is 44.7 Å². The second kappa shape index (κ2) is 11.3. The van der Waals surface area contributed by atoms with Crippen LogP contribution >= 0.6 is 0 Å². The number of nitrogens with zero attached hydrogens (tertiary/aromatic N) is 3. The number of methoxy groups -OCH3 is 1. The molecule has 13 nitrogen and oxygen atoms in total. The van der Waals surface area contributed by atoms with Crippen LogP contribution in [0.3, 0.4) is 0 Å². The lowest BCUT2D eigenvalue weighted by Crippen LogP contribution is -2.65. The van der Waals surface area contributed by atoms with E-state index in [1.807, 2.05) is 0 Å². The fourth-order valence-corrected chi connectivity index (χ4v) is 3.96. The second-order valence-corrected chi connectivity index (χ2v) is 8.13. The molecule has 2 aliphatic rings. The molecule has 35 heavy (non-hydrogen) atoms. The van der Waals surface area contributed by atoms with Gasteiger partial charge in [0.1, 0.15) is 23.9 Å². The maximum atomic E-state index is 13.4. The Bertz CT molecular complexity index is 1020. The van der Waals surface area contributed by atoms with Gasteiger partial charge in [-0.15, -0.1) is 0 Å². The normalized spacial score (nSPS) is 18.7. The smallest absolute Gasteiger partial charge is 0.358 e. The summed E-state index contributed by atoms with van der Waals surface area (Å²) in [6.07, 6.45) is 0.871. The molecule has 2 fully saturated rings. The van der Waals surface area contributed by atoms with E-state index < -0.39 is 30.1 Å². The van der Waals surface area contributed by atoms with Crippen molar-refractivity contribution in [2.75, 3.05) is 25.5 Å². The van der Waals surface area contributed by atoms with Gasteiger partial charge in [0.05, 0.1) is 25.4 Å². The van der Waals surface area contributed by atoms with Crippen LogP contribution in [-0.2, 0) is 19.2 Å². The number of ether oxygens (including phenoxy) is 1. The number of hydrazine groups is 2. The maximum absolute atomic E-state index is 13.4. The van der Waals surface area contributed by atoms with Crippen LogP contribution in [-0.4, -0.2) is 83.3 Å². The van der Waals surface area contributed by atoms with Crippen LogP contribution in [0.5, 0.6) is 5.75 Å². The van der Waals surface area contributed by atoms with E-state index in [9.17, 15) is 28.8 Å². The molecule has 0 saturated carbocycles. The number of ketones is 1. The van der Waals surface area contributed by atoms with E-state index in [1.54, 1.807) is 24.3 Å². The average molecular weight is 489 g/mol. The first-order valence-corrected chi connectivity index (χ1v) is 11.1. The van der Waals surface area contributed by atoms with Crippen LogP contribution in [0.25, 0.3) is 0 Å². The molecule has 2 heterocycles. The van der Waals surface area contributed by atoms with E-state index in [-0.39, 0.29) is 44.0 Å². The third kappa shape index (κ3) is 6.05. The largest absolute Gasteiger partial charge is 0.495 e. The van der Waals surface area contributed by atoms with Gasteiger partial charge in [-0.2, -0.15) is 0 Å². The van der Waals surface area contributed by atoms with Gasteiger partial charge in [0.25, 0.3) is 0 Å². The molecular formula is C22H28N6O7. The van der Waals surface area contributed by atoms with Crippen molar-refractivity contribution in [3.63, 3.8) is 0 Å². The first kappa shape index (κ1) is 25.5. The summed E-state index contributed by atoms with van der Waals surface area (Å²) in [5.74, 6) is -0.935. The van der Waals surface area contributed by atoms with Crippen molar-refractivity contribution >= 4 is 41.6 Å². The van der Waals surface area contributed by atoms with Crippen LogP contribution in [0.1, 0.15) is 32.6 Å². The minimum absolute atomic E-state index is 0.0766. The number of hydrogen-bond donors (Lipinski definition) is 3. The summed E-state index contributed by atoms with van der Waals surface area (Å²) in [5, 5.41) is 8.21. The van der Waals surface area contributed by atoms with Gasteiger partial charge in [-0.3, -0.25) is 14.4 Å². The van der Waals surface area contributed by atoms with E-state index in [0.29, 0.717) is 24.1 Å². The van der Waals surface area contributed by atoms with Crippen LogP contribution in [0, 0.1) is 0 Å². The summed E-state index contributed by atoms with van der Waals surface area (Å²) in [4.78, 5) is 74.3. The zero-order valence-electron chi connectivity index (χ0n) is 19.5. The van der Waals surface area contributed by atoms with Crippen LogP contribution in [0.4, 0.5) is 15.3 Å². The molecule has 0 radical (unpaired) electrons. The SMILES string of the molecule is COc1ccccc1NC(=O)NN1CCC(=O)N2CCCC(C(=O)NC(C=O)CC(C)=O)N2C1=O. The number of aldehydes is 1. The Morgan fingerprint density at radius 2 is 1.94 bits per heavy atom. The number of anilines is 1. The molecule has 3 N–H and O–H groups in total. The molecule has 2 unspecified atom stereocenters. The van der Waals surface area contributed by atoms with E-state index >= 15 is 0 Å².